The molecule has 0 aliphatic heterocycles. The summed E-state index contributed by atoms with van der Waals surface area (Å²) >= 11 is 0. The number of hydrogen-bond acceptors (Lipinski definition) is 4. The molecule has 3 aromatic rings. The number of halogens is 3. The molecule has 0 atom stereocenters. The van der Waals surface area contributed by atoms with Gasteiger partial charge in [-0.25, -0.2) is 8.42 Å². The number of carbonyl (C=O) groups excluding carboxylic acids is 2. The summed E-state index contributed by atoms with van der Waals surface area (Å²) in [6.45, 7) is 3.34. The Hall–Kier alpha value is -3.86. The number of para-hydroxylation sites is 1. The molecule has 11 heteroatoms. The van der Waals surface area contributed by atoms with Crippen molar-refractivity contribution in [3.05, 3.63) is 89.5 Å². The van der Waals surface area contributed by atoms with Gasteiger partial charge in [-0.1, -0.05) is 49.2 Å². The van der Waals surface area contributed by atoms with Gasteiger partial charge in [-0.15, -0.1) is 0 Å². The van der Waals surface area contributed by atoms with Crippen LogP contribution in [0.25, 0.3) is 0 Å². The summed E-state index contributed by atoms with van der Waals surface area (Å²) in [6.07, 6.45) is -3.08. The number of aryl methyl sites for hydroxylation is 1. The van der Waals surface area contributed by atoms with Crippen LogP contribution in [-0.4, -0.2) is 33.3 Å². The highest BCUT2D eigenvalue weighted by Gasteiger charge is 2.33. The summed E-state index contributed by atoms with van der Waals surface area (Å²) in [5.41, 5.74) is -0.303. The van der Waals surface area contributed by atoms with E-state index >= 15 is 0 Å². The van der Waals surface area contributed by atoms with E-state index in [2.05, 4.69) is 10.6 Å². The van der Waals surface area contributed by atoms with E-state index in [-0.39, 0.29) is 21.8 Å². The van der Waals surface area contributed by atoms with Crippen LogP contribution in [-0.2, 0) is 21.0 Å². The zero-order chi connectivity index (χ0) is 27.9. The van der Waals surface area contributed by atoms with Crippen LogP contribution in [0.4, 0.5) is 24.5 Å². The maximum atomic E-state index is 13.5. The molecule has 0 bridgehead atoms. The van der Waals surface area contributed by atoms with Crippen molar-refractivity contribution in [3.63, 3.8) is 0 Å². The molecule has 202 valence electrons. The van der Waals surface area contributed by atoms with E-state index in [9.17, 15) is 31.2 Å². The van der Waals surface area contributed by atoms with Crippen LogP contribution in [0.2, 0.25) is 0 Å². The summed E-state index contributed by atoms with van der Waals surface area (Å²) in [6, 6.07) is 15.7. The highest BCUT2D eigenvalue weighted by atomic mass is 32.2. The molecular weight excluding hydrogens is 519 g/mol. The van der Waals surface area contributed by atoms with Gasteiger partial charge < -0.3 is 10.6 Å². The van der Waals surface area contributed by atoms with Crippen LogP contribution in [0.1, 0.15) is 41.3 Å². The van der Waals surface area contributed by atoms with Crippen LogP contribution >= 0.6 is 0 Å². The van der Waals surface area contributed by atoms with Gasteiger partial charge in [0.15, 0.2) is 0 Å². The van der Waals surface area contributed by atoms with Crippen molar-refractivity contribution in [1.82, 2.24) is 5.32 Å². The second-order valence-corrected chi connectivity index (χ2v) is 10.4. The largest absolute Gasteiger partial charge is 0.416 e. The van der Waals surface area contributed by atoms with Crippen molar-refractivity contribution < 1.29 is 31.2 Å². The predicted octanol–water partition coefficient (Wildman–Crippen LogP) is 5.38. The van der Waals surface area contributed by atoms with Gasteiger partial charge in [0.25, 0.3) is 15.9 Å². The van der Waals surface area contributed by atoms with Gasteiger partial charge in [-0.2, -0.15) is 13.2 Å². The molecule has 2 N–H and O–H groups in total. The lowest BCUT2D eigenvalue weighted by atomic mass is 10.1. The van der Waals surface area contributed by atoms with Crippen LogP contribution < -0.4 is 14.9 Å². The molecule has 2 amide bonds. The monoisotopic (exact) mass is 547 g/mol. The summed E-state index contributed by atoms with van der Waals surface area (Å²) in [5, 5.41) is 5.28. The smallest absolute Gasteiger partial charge is 0.352 e. The molecule has 0 heterocycles. The van der Waals surface area contributed by atoms with Crippen LogP contribution in [0.5, 0.6) is 0 Å². The lowest BCUT2D eigenvalue weighted by Gasteiger charge is -2.25. The van der Waals surface area contributed by atoms with E-state index < -0.39 is 40.1 Å². The number of unbranched alkanes of at least 4 members (excludes halogenated alkanes) is 1. The molecule has 0 spiro atoms. The maximum Gasteiger partial charge on any atom is 0.416 e. The molecular formula is C27H28F3N3O4S. The fourth-order valence-electron chi connectivity index (χ4n) is 3.57. The van der Waals surface area contributed by atoms with Crippen molar-refractivity contribution >= 4 is 33.2 Å². The second-order valence-electron chi connectivity index (χ2n) is 8.58. The molecule has 3 rings (SSSR count). The van der Waals surface area contributed by atoms with Crippen molar-refractivity contribution in [2.24, 2.45) is 0 Å². The molecule has 0 saturated heterocycles. The van der Waals surface area contributed by atoms with Gasteiger partial charge in [0.1, 0.15) is 6.54 Å². The number of amides is 2. The Kier molecular flexibility index (Phi) is 9.16. The first-order valence-electron chi connectivity index (χ1n) is 11.9. The highest BCUT2D eigenvalue weighted by molar-refractivity contribution is 7.92. The highest BCUT2D eigenvalue weighted by Crippen LogP contribution is 2.33. The second kappa shape index (κ2) is 12.1. The Morgan fingerprint density at radius 1 is 0.947 bits per heavy atom. The van der Waals surface area contributed by atoms with Crippen LogP contribution in [0.3, 0.4) is 0 Å². The normalized spacial score (nSPS) is 11.6. The number of hydrogen-bond donors (Lipinski definition) is 2. The first-order valence-corrected chi connectivity index (χ1v) is 13.3. The van der Waals surface area contributed by atoms with E-state index in [0.717, 1.165) is 30.5 Å². The first-order chi connectivity index (χ1) is 17.9. The Morgan fingerprint density at radius 2 is 1.63 bits per heavy atom. The molecule has 38 heavy (non-hydrogen) atoms. The Morgan fingerprint density at radius 3 is 2.29 bits per heavy atom. The number of nitrogens with zero attached hydrogens (tertiary/aromatic N) is 1. The molecule has 0 aromatic heterocycles. The van der Waals surface area contributed by atoms with E-state index in [0.29, 0.717) is 16.9 Å². The summed E-state index contributed by atoms with van der Waals surface area (Å²) in [5.74, 6) is -1.26. The SMILES string of the molecule is CCCCNC(=O)c1ccccc1NC(=O)CN(c1cccc(C(F)(F)F)c1)S(=O)(=O)c1ccc(C)cc1. The average Bonchev–Trinajstić information content (AvgIpc) is 2.87. The lowest BCUT2D eigenvalue weighted by Crippen LogP contribution is -2.38. The quantitative estimate of drug-likeness (QED) is 0.333. The Balaban J connectivity index is 1.95. The van der Waals surface area contributed by atoms with Crippen molar-refractivity contribution in [3.8, 4) is 0 Å². The number of anilines is 2. The van der Waals surface area contributed by atoms with E-state index in [1.165, 1.54) is 30.3 Å². The molecule has 7 nitrogen and oxygen atoms in total. The fraction of sp³-hybridized carbons (Fsp3) is 0.259. The third-order valence-corrected chi connectivity index (χ3v) is 7.41. The van der Waals surface area contributed by atoms with Crippen molar-refractivity contribution in [2.75, 3.05) is 22.7 Å². The van der Waals surface area contributed by atoms with Gasteiger partial charge >= 0.3 is 6.18 Å². The first kappa shape index (κ1) is 28.7. The van der Waals surface area contributed by atoms with E-state index in [1.54, 1.807) is 31.2 Å². The van der Waals surface area contributed by atoms with Crippen LogP contribution in [0.15, 0.2) is 77.7 Å². The Labute approximate surface area is 219 Å². The van der Waals surface area contributed by atoms with Gasteiger partial charge in [-0.3, -0.25) is 13.9 Å². The maximum absolute atomic E-state index is 13.5. The number of rotatable bonds is 10. The molecule has 0 aliphatic rings. The summed E-state index contributed by atoms with van der Waals surface area (Å²) in [4.78, 5) is 25.5. The van der Waals surface area contributed by atoms with Gasteiger partial charge in [0, 0.05) is 6.54 Å². The third-order valence-electron chi connectivity index (χ3n) is 5.62. The number of alkyl halides is 3. The number of benzene rings is 3. The zero-order valence-electron chi connectivity index (χ0n) is 20.9. The molecule has 0 fully saturated rings. The van der Waals surface area contributed by atoms with Crippen molar-refractivity contribution in [1.29, 1.82) is 0 Å². The summed E-state index contributed by atoms with van der Waals surface area (Å²) < 4.78 is 67.8. The third kappa shape index (κ3) is 7.12. The van der Waals surface area contributed by atoms with E-state index in [4.69, 9.17) is 0 Å². The minimum Gasteiger partial charge on any atom is -0.352 e. The molecule has 0 aliphatic carbocycles. The lowest BCUT2D eigenvalue weighted by molar-refractivity contribution is -0.137. The molecule has 0 radical (unpaired) electrons. The van der Waals surface area contributed by atoms with Gasteiger partial charge in [-0.05, 0) is 55.8 Å². The van der Waals surface area contributed by atoms with Crippen LogP contribution in [0, 0.1) is 6.92 Å². The standard InChI is InChI=1S/C27H28F3N3O4S/c1-3-4-16-31-26(35)23-10-5-6-11-24(23)32-25(34)18-33(21-9-7-8-20(17-21)27(28,29)30)38(36,37)22-14-12-19(2)13-15-22/h5-15,17H,3-4,16,18H2,1-2H3,(H,31,35)(H,32,34). The van der Waals surface area contributed by atoms with E-state index in [1.807, 2.05) is 6.92 Å². The predicted molar refractivity (Wildman–Crippen MR) is 139 cm³/mol. The minimum absolute atomic E-state index is 0.142. The fourth-order valence-corrected chi connectivity index (χ4v) is 4.99. The van der Waals surface area contributed by atoms with Gasteiger partial charge in [0.2, 0.25) is 5.91 Å². The summed E-state index contributed by atoms with van der Waals surface area (Å²) in [7, 11) is -4.44. The number of carbonyl (C=O) groups is 2. The molecule has 0 unspecified atom stereocenters. The van der Waals surface area contributed by atoms with Crippen molar-refractivity contribution in [2.45, 2.75) is 37.8 Å². The number of sulfonamides is 1. The topological polar surface area (TPSA) is 95.6 Å². The Bertz CT molecular complexity index is 1390. The molecule has 3 aromatic carbocycles. The number of nitrogens with one attached hydrogen (secondary N) is 2. The molecule has 0 saturated carbocycles. The van der Waals surface area contributed by atoms with Gasteiger partial charge in [0.05, 0.1) is 27.4 Å². The minimum atomic E-state index is -4.72. The average molecular weight is 548 g/mol. The zero-order valence-corrected chi connectivity index (χ0v) is 21.7.